The highest BCUT2D eigenvalue weighted by atomic mass is 15.2. The molecule has 0 unspecified atom stereocenters. The van der Waals surface area contributed by atoms with E-state index in [4.69, 9.17) is 5.84 Å². The van der Waals surface area contributed by atoms with E-state index >= 15 is 0 Å². The highest BCUT2D eigenvalue weighted by Crippen LogP contribution is 2.00. The monoisotopic (exact) mass is 139 g/mol. The maximum absolute atomic E-state index is 5.18. The summed E-state index contributed by atoms with van der Waals surface area (Å²) in [4.78, 5) is 0. The van der Waals surface area contributed by atoms with Crippen molar-refractivity contribution in [1.29, 1.82) is 0 Å². The minimum Gasteiger partial charge on any atom is -0.350 e. The Bertz CT molecular complexity index is 192. The fourth-order valence-electron chi connectivity index (χ4n) is 1.02. The van der Waals surface area contributed by atoms with Gasteiger partial charge in [0.1, 0.15) is 0 Å². The molecular formula is C7H13N3. The van der Waals surface area contributed by atoms with Crippen molar-refractivity contribution in [1.82, 2.24) is 9.99 Å². The summed E-state index contributed by atoms with van der Waals surface area (Å²) < 4.78 is 2.15. The number of hydrazine groups is 1. The second kappa shape index (κ2) is 3.39. The Morgan fingerprint density at radius 3 is 3.10 bits per heavy atom. The van der Waals surface area contributed by atoms with Crippen LogP contribution in [0.2, 0.25) is 0 Å². The van der Waals surface area contributed by atoms with Crippen LogP contribution in [-0.2, 0) is 13.1 Å². The zero-order chi connectivity index (χ0) is 7.40. The number of hydrogen-bond donors (Lipinski definition) is 2. The number of aryl methyl sites for hydroxylation is 1. The summed E-state index contributed by atoms with van der Waals surface area (Å²) in [6.45, 7) is 3.85. The summed E-state index contributed by atoms with van der Waals surface area (Å²) in [5.41, 5.74) is 3.85. The highest BCUT2D eigenvalue weighted by Gasteiger charge is 1.94. The van der Waals surface area contributed by atoms with Crippen molar-refractivity contribution in [2.45, 2.75) is 20.0 Å². The second-order valence-electron chi connectivity index (χ2n) is 2.17. The summed E-state index contributed by atoms with van der Waals surface area (Å²) in [5.74, 6) is 5.18. The molecule has 0 spiro atoms. The van der Waals surface area contributed by atoms with Crippen LogP contribution in [0.5, 0.6) is 0 Å². The number of nitrogens with zero attached hydrogens (tertiary/aromatic N) is 1. The standard InChI is InChI=1S/C7H13N3/c1-2-10-5-3-4-7(10)6-9-8/h3-5,9H,2,6,8H2,1H3. The van der Waals surface area contributed by atoms with E-state index in [1.54, 1.807) is 0 Å². The minimum atomic E-state index is 0.737. The van der Waals surface area contributed by atoms with Gasteiger partial charge in [0.15, 0.2) is 0 Å². The van der Waals surface area contributed by atoms with Gasteiger partial charge in [0, 0.05) is 18.4 Å². The van der Waals surface area contributed by atoms with Crippen molar-refractivity contribution >= 4 is 0 Å². The van der Waals surface area contributed by atoms with Crippen LogP contribution in [0.25, 0.3) is 0 Å². The molecule has 1 heterocycles. The predicted octanol–water partition coefficient (Wildman–Crippen LogP) is 0.471. The van der Waals surface area contributed by atoms with E-state index < -0.39 is 0 Å². The number of rotatable bonds is 3. The molecule has 0 aliphatic heterocycles. The van der Waals surface area contributed by atoms with Crippen molar-refractivity contribution in [3.05, 3.63) is 24.0 Å². The van der Waals surface area contributed by atoms with Gasteiger partial charge in [0.25, 0.3) is 0 Å². The first-order chi connectivity index (χ1) is 4.88. The average Bonchev–Trinajstić information content (AvgIpc) is 2.36. The fourth-order valence-corrected chi connectivity index (χ4v) is 1.02. The SMILES string of the molecule is CCn1cccc1CNN. The van der Waals surface area contributed by atoms with Crippen LogP contribution >= 0.6 is 0 Å². The molecule has 56 valence electrons. The van der Waals surface area contributed by atoms with Crippen LogP contribution in [0, 0.1) is 0 Å². The molecule has 0 saturated carbocycles. The lowest BCUT2D eigenvalue weighted by atomic mass is 10.4. The smallest absolute Gasteiger partial charge is 0.0501 e. The van der Waals surface area contributed by atoms with Crippen LogP contribution in [0.15, 0.2) is 18.3 Å². The van der Waals surface area contributed by atoms with Gasteiger partial charge in [-0.3, -0.25) is 11.3 Å². The van der Waals surface area contributed by atoms with Crippen molar-refractivity contribution in [2.24, 2.45) is 5.84 Å². The molecule has 0 aliphatic carbocycles. The van der Waals surface area contributed by atoms with Crippen molar-refractivity contribution < 1.29 is 0 Å². The first-order valence-corrected chi connectivity index (χ1v) is 3.46. The number of nitrogens with two attached hydrogens (primary N) is 1. The molecule has 10 heavy (non-hydrogen) atoms. The molecule has 0 atom stereocenters. The zero-order valence-electron chi connectivity index (χ0n) is 6.17. The lowest BCUT2D eigenvalue weighted by molar-refractivity contribution is 0.650. The number of nitrogens with one attached hydrogen (secondary N) is 1. The molecule has 0 bridgehead atoms. The first kappa shape index (κ1) is 7.31. The zero-order valence-corrected chi connectivity index (χ0v) is 6.17. The van der Waals surface area contributed by atoms with Gasteiger partial charge >= 0.3 is 0 Å². The quantitative estimate of drug-likeness (QED) is 0.472. The van der Waals surface area contributed by atoms with Gasteiger partial charge in [-0.2, -0.15) is 0 Å². The van der Waals surface area contributed by atoms with Gasteiger partial charge in [0.2, 0.25) is 0 Å². The van der Waals surface area contributed by atoms with E-state index in [0.717, 1.165) is 13.1 Å². The molecule has 0 amide bonds. The number of hydrogen-bond acceptors (Lipinski definition) is 2. The summed E-state index contributed by atoms with van der Waals surface area (Å²) in [5, 5.41) is 0. The van der Waals surface area contributed by atoms with Gasteiger partial charge in [0.05, 0.1) is 6.54 Å². The van der Waals surface area contributed by atoms with E-state index in [2.05, 4.69) is 23.0 Å². The summed E-state index contributed by atoms with van der Waals surface area (Å²) in [6, 6.07) is 4.08. The van der Waals surface area contributed by atoms with Gasteiger partial charge in [-0.25, -0.2) is 0 Å². The summed E-state index contributed by atoms with van der Waals surface area (Å²) >= 11 is 0. The molecule has 1 aromatic heterocycles. The van der Waals surface area contributed by atoms with Crippen LogP contribution in [0.1, 0.15) is 12.6 Å². The molecule has 3 N–H and O–H groups in total. The predicted molar refractivity (Wildman–Crippen MR) is 41.1 cm³/mol. The van der Waals surface area contributed by atoms with E-state index in [9.17, 15) is 0 Å². The second-order valence-corrected chi connectivity index (χ2v) is 2.17. The van der Waals surface area contributed by atoms with Crippen LogP contribution in [-0.4, -0.2) is 4.57 Å². The summed E-state index contributed by atoms with van der Waals surface area (Å²) in [6.07, 6.45) is 2.05. The highest BCUT2D eigenvalue weighted by molar-refractivity contribution is 5.06. The summed E-state index contributed by atoms with van der Waals surface area (Å²) in [7, 11) is 0. The van der Waals surface area contributed by atoms with Crippen LogP contribution in [0.3, 0.4) is 0 Å². The Balaban J connectivity index is 2.70. The van der Waals surface area contributed by atoms with E-state index in [-0.39, 0.29) is 0 Å². The third-order valence-corrected chi connectivity index (χ3v) is 1.55. The van der Waals surface area contributed by atoms with Crippen molar-refractivity contribution in [2.75, 3.05) is 0 Å². The fraction of sp³-hybridized carbons (Fsp3) is 0.429. The minimum absolute atomic E-state index is 0.737. The lowest BCUT2D eigenvalue weighted by Crippen LogP contribution is -2.22. The Labute approximate surface area is 60.8 Å². The third-order valence-electron chi connectivity index (χ3n) is 1.55. The molecule has 3 heteroatoms. The third kappa shape index (κ3) is 1.37. The van der Waals surface area contributed by atoms with Crippen LogP contribution in [0.4, 0.5) is 0 Å². The Hall–Kier alpha value is -0.800. The topological polar surface area (TPSA) is 43.0 Å². The lowest BCUT2D eigenvalue weighted by Gasteiger charge is -2.03. The van der Waals surface area contributed by atoms with Crippen molar-refractivity contribution in [3.8, 4) is 0 Å². The number of aromatic nitrogens is 1. The molecule has 3 nitrogen and oxygen atoms in total. The molecule has 0 aliphatic rings. The Morgan fingerprint density at radius 2 is 2.50 bits per heavy atom. The van der Waals surface area contributed by atoms with Gasteiger partial charge in [-0.15, -0.1) is 0 Å². The molecule has 1 rings (SSSR count). The molecule has 1 aromatic rings. The maximum Gasteiger partial charge on any atom is 0.0501 e. The van der Waals surface area contributed by atoms with Gasteiger partial charge in [-0.05, 0) is 19.1 Å². The molecule has 0 radical (unpaired) electrons. The Morgan fingerprint density at radius 1 is 1.70 bits per heavy atom. The first-order valence-electron chi connectivity index (χ1n) is 3.46. The maximum atomic E-state index is 5.18. The van der Waals surface area contributed by atoms with Crippen molar-refractivity contribution in [3.63, 3.8) is 0 Å². The molecule has 0 fully saturated rings. The molecular weight excluding hydrogens is 126 g/mol. The van der Waals surface area contributed by atoms with Gasteiger partial charge in [-0.1, -0.05) is 0 Å². The average molecular weight is 139 g/mol. The molecule has 0 saturated heterocycles. The Kier molecular flexibility index (Phi) is 2.48. The normalized spacial score (nSPS) is 10.2. The van der Waals surface area contributed by atoms with E-state index in [1.165, 1.54) is 5.69 Å². The van der Waals surface area contributed by atoms with Gasteiger partial charge < -0.3 is 4.57 Å². The van der Waals surface area contributed by atoms with Crippen LogP contribution < -0.4 is 11.3 Å². The molecule has 0 aromatic carbocycles. The van der Waals surface area contributed by atoms with E-state index in [0.29, 0.717) is 0 Å². The van der Waals surface area contributed by atoms with E-state index in [1.807, 2.05) is 12.3 Å². The largest absolute Gasteiger partial charge is 0.350 e.